The van der Waals surface area contributed by atoms with Crippen molar-refractivity contribution in [2.45, 2.75) is 19.9 Å². The molecular weight excluding hydrogens is 268 g/mol. The second-order valence-electron chi connectivity index (χ2n) is 6.06. The monoisotopic (exact) mass is 294 g/mol. The number of hydrogen-bond acceptors (Lipinski definition) is 5. The topological polar surface area (TPSA) is 90.3 Å². The summed E-state index contributed by atoms with van der Waals surface area (Å²) in [5.74, 6) is 0.289. The molecule has 1 aliphatic rings. The number of anilines is 1. The minimum absolute atomic E-state index is 0.190. The number of hydrogen-bond donors (Lipinski definition) is 3. The first-order valence-corrected chi connectivity index (χ1v) is 7.48. The first kappa shape index (κ1) is 15.8. The van der Waals surface area contributed by atoms with Crippen LogP contribution in [0.15, 0.2) is 6.20 Å². The number of aromatic amines is 1. The lowest BCUT2D eigenvalue weighted by Crippen LogP contribution is -2.54. The van der Waals surface area contributed by atoms with E-state index in [9.17, 15) is 4.79 Å². The van der Waals surface area contributed by atoms with Gasteiger partial charge in [-0.15, -0.1) is 0 Å². The number of amides is 1. The Kier molecular flexibility index (Phi) is 5.19. The van der Waals surface area contributed by atoms with Gasteiger partial charge in [-0.2, -0.15) is 5.10 Å². The lowest BCUT2D eigenvalue weighted by Gasteiger charge is -2.39. The Balaban J connectivity index is 1.91. The van der Waals surface area contributed by atoms with Gasteiger partial charge in [-0.05, 0) is 13.0 Å². The average Bonchev–Trinajstić information content (AvgIpc) is 2.86. The molecule has 1 aromatic heterocycles. The van der Waals surface area contributed by atoms with Crippen molar-refractivity contribution in [1.29, 1.82) is 0 Å². The van der Waals surface area contributed by atoms with Gasteiger partial charge < -0.3 is 16.0 Å². The van der Waals surface area contributed by atoms with Crippen LogP contribution in [0.1, 0.15) is 24.3 Å². The van der Waals surface area contributed by atoms with Crippen LogP contribution in [0, 0.1) is 5.92 Å². The van der Waals surface area contributed by atoms with Gasteiger partial charge in [0.05, 0.1) is 11.9 Å². The zero-order valence-electron chi connectivity index (χ0n) is 13.1. The Hall–Kier alpha value is -1.60. The second kappa shape index (κ2) is 6.91. The zero-order valence-corrected chi connectivity index (χ0v) is 13.1. The van der Waals surface area contributed by atoms with Crippen molar-refractivity contribution in [3.8, 4) is 0 Å². The van der Waals surface area contributed by atoms with Gasteiger partial charge in [-0.3, -0.25) is 14.8 Å². The van der Waals surface area contributed by atoms with Crippen LogP contribution in [-0.2, 0) is 0 Å². The average molecular weight is 294 g/mol. The van der Waals surface area contributed by atoms with Crippen LogP contribution >= 0.6 is 0 Å². The number of carbonyl (C=O) groups excluding carboxylic acids is 1. The van der Waals surface area contributed by atoms with Crippen LogP contribution in [-0.4, -0.2) is 71.7 Å². The van der Waals surface area contributed by atoms with Gasteiger partial charge in [-0.1, -0.05) is 13.8 Å². The maximum absolute atomic E-state index is 12.1. The standard InChI is InChI=1S/C14H26N6O/c1-10(2)12(20-6-4-19(3)5-7-20)9-16-14(21)13-11(15)8-17-18-13/h8,10,12H,4-7,9,15H2,1-3H3,(H,16,21)(H,17,18). The molecule has 0 bridgehead atoms. The van der Waals surface area contributed by atoms with E-state index in [-0.39, 0.29) is 5.91 Å². The van der Waals surface area contributed by atoms with Crippen LogP contribution < -0.4 is 11.1 Å². The fourth-order valence-electron chi connectivity index (χ4n) is 2.70. The predicted molar refractivity (Wildman–Crippen MR) is 83.0 cm³/mol. The van der Waals surface area contributed by atoms with E-state index in [1.54, 1.807) is 0 Å². The number of likely N-dealkylation sites (N-methyl/N-ethyl adjacent to an activating group) is 1. The molecule has 0 aliphatic carbocycles. The van der Waals surface area contributed by atoms with E-state index in [4.69, 9.17) is 5.73 Å². The lowest BCUT2D eigenvalue weighted by atomic mass is 10.0. The first-order chi connectivity index (χ1) is 9.99. The van der Waals surface area contributed by atoms with Crippen LogP contribution in [0.4, 0.5) is 5.69 Å². The summed E-state index contributed by atoms with van der Waals surface area (Å²) in [4.78, 5) is 16.9. The summed E-state index contributed by atoms with van der Waals surface area (Å²) in [7, 11) is 2.14. The Morgan fingerprint density at radius 3 is 2.62 bits per heavy atom. The summed E-state index contributed by atoms with van der Waals surface area (Å²) >= 11 is 0. The van der Waals surface area contributed by atoms with Crippen LogP contribution in [0.2, 0.25) is 0 Å². The number of carbonyl (C=O) groups is 1. The predicted octanol–water partition coefficient (Wildman–Crippen LogP) is -0.00630. The van der Waals surface area contributed by atoms with Crippen molar-refractivity contribution in [2.24, 2.45) is 5.92 Å². The molecule has 1 unspecified atom stereocenters. The molecular formula is C14H26N6O. The third kappa shape index (κ3) is 3.95. The highest BCUT2D eigenvalue weighted by molar-refractivity contribution is 5.96. The minimum Gasteiger partial charge on any atom is -0.396 e. The number of nitrogens with two attached hydrogens (primary N) is 1. The van der Waals surface area contributed by atoms with Crippen LogP contribution in [0.25, 0.3) is 0 Å². The number of aromatic nitrogens is 2. The van der Waals surface area contributed by atoms with E-state index >= 15 is 0 Å². The number of nitrogens with zero attached hydrogens (tertiary/aromatic N) is 3. The molecule has 1 amide bonds. The van der Waals surface area contributed by atoms with Gasteiger partial charge in [0.15, 0.2) is 0 Å². The number of H-pyrrole nitrogens is 1. The Morgan fingerprint density at radius 1 is 1.43 bits per heavy atom. The van der Waals surface area contributed by atoms with Crippen molar-refractivity contribution in [1.82, 2.24) is 25.3 Å². The quantitative estimate of drug-likeness (QED) is 0.711. The Bertz CT molecular complexity index is 464. The molecule has 21 heavy (non-hydrogen) atoms. The number of rotatable bonds is 5. The van der Waals surface area contributed by atoms with E-state index in [0.29, 0.717) is 29.9 Å². The summed E-state index contributed by atoms with van der Waals surface area (Å²) < 4.78 is 0. The molecule has 0 saturated carbocycles. The van der Waals surface area contributed by atoms with Crippen molar-refractivity contribution >= 4 is 11.6 Å². The molecule has 0 radical (unpaired) electrons. The SMILES string of the molecule is CC(C)C(CNC(=O)c1[nH]ncc1N)N1CCN(C)CC1. The highest BCUT2D eigenvalue weighted by atomic mass is 16.2. The van der Waals surface area contributed by atoms with Gasteiger partial charge in [-0.25, -0.2) is 0 Å². The van der Waals surface area contributed by atoms with Crippen molar-refractivity contribution in [3.05, 3.63) is 11.9 Å². The van der Waals surface area contributed by atoms with Gasteiger partial charge in [0, 0.05) is 38.8 Å². The third-order valence-corrected chi connectivity index (χ3v) is 4.14. The molecule has 0 aromatic carbocycles. The molecule has 1 atom stereocenters. The minimum atomic E-state index is -0.190. The van der Waals surface area contributed by atoms with Crippen molar-refractivity contribution in [3.63, 3.8) is 0 Å². The van der Waals surface area contributed by atoms with Gasteiger partial charge in [0.2, 0.25) is 0 Å². The van der Waals surface area contributed by atoms with E-state index in [1.807, 2.05) is 0 Å². The molecule has 7 nitrogen and oxygen atoms in total. The van der Waals surface area contributed by atoms with Crippen LogP contribution in [0.5, 0.6) is 0 Å². The van der Waals surface area contributed by atoms with Gasteiger partial charge in [0.1, 0.15) is 5.69 Å². The molecule has 1 fully saturated rings. The summed E-state index contributed by atoms with van der Waals surface area (Å²) in [5, 5.41) is 9.38. The fraction of sp³-hybridized carbons (Fsp3) is 0.714. The Labute approximate surface area is 125 Å². The third-order valence-electron chi connectivity index (χ3n) is 4.14. The molecule has 0 spiro atoms. The molecule has 4 N–H and O–H groups in total. The van der Waals surface area contributed by atoms with Crippen molar-refractivity contribution < 1.29 is 4.79 Å². The van der Waals surface area contributed by atoms with Gasteiger partial charge >= 0.3 is 0 Å². The van der Waals surface area contributed by atoms with E-state index in [1.165, 1.54) is 6.20 Å². The first-order valence-electron chi connectivity index (χ1n) is 7.48. The summed E-state index contributed by atoms with van der Waals surface area (Å²) in [6.45, 7) is 9.25. The maximum atomic E-state index is 12.1. The molecule has 2 heterocycles. The summed E-state index contributed by atoms with van der Waals surface area (Å²) in [6.07, 6.45) is 1.45. The number of nitrogens with one attached hydrogen (secondary N) is 2. The van der Waals surface area contributed by atoms with Crippen LogP contribution in [0.3, 0.4) is 0 Å². The molecule has 7 heteroatoms. The molecule has 1 aromatic rings. The molecule has 2 rings (SSSR count). The summed E-state index contributed by atoms with van der Waals surface area (Å²) in [5.41, 5.74) is 6.42. The fourth-order valence-corrected chi connectivity index (χ4v) is 2.70. The smallest absolute Gasteiger partial charge is 0.271 e. The summed E-state index contributed by atoms with van der Waals surface area (Å²) in [6, 6.07) is 0.340. The van der Waals surface area contributed by atoms with E-state index in [0.717, 1.165) is 26.2 Å². The highest BCUT2D eigenvalue weighted by Crippen LogP contribution is 2.13. The molecule has 1 saturated heterocycles. The Morgan fingerprint density at radius 2 is 2.10 bits per heavy atom. The maximum Gasteiger partial charge on any atom is 0.271 e. The number of piperazine rings is 1. The lowest BCUT2D eigenvalue weighted by molar-refractivity contribution is 0.0789. The molecule has 1 aliphatic heterocycles. The zero-order chi connectivity index (χ0) is 15.4. The largest absolute Gasteiger partial charge is 0.396 e. The number of nitrogen functional groups attached to an aromatic ring is 1. The molecule has 118 valence electrons. The highest BCUT2D eigenvalue weighted by Gasteiger charge is 2.25. The van der Waals surface area contributed by atoms with E-state index in [2.05, 4.69) is 46.2 Å². The van der Waals surface area contributed by atoms with E-state index < -0.39 is 0 Å². The normalized spacial score (nSPS) is 18.9. The second-order valence-corrected chi connectivity index (χ2v) is 6.06. The van der Waals surface area contributed by atoms with Gasteiger partial charge in [0.25, 0.3) is 5.91 Å². The van der Waals surface area contributed by atoms with Crippen molar-refractivity contribution in [2.75, 3.05) is 45.5 Å².